The molecule has 2 heterocycles. The molecule has 0 N–H and O–H groups in total. The molecule has 2 aromatic carbocycles. The van der Waals surface area contributed by atoms with Gasteiger partial charge in [-0.3, -0.25) is 9.36 Å². The first-order valence-corrected chi connectivity index (χ1v) is 10.2. The van der Waals surface area contributed by atoms with E-state index >= 15 is 0 Å². The zero-order valence-corrected chi connectivity index (χ0v) is 23.7. The standard InChI is InChI=1S/C22H20N4O.C3H8.2Pt/c1-15-11-17(3)25(23-15)19-7-5-9-21(13-19)27-22-10-6-8-20(14-22)26-18(4)12-16(2)24-26;1-3-2;;/h5-12H,1-4H3;3H2,1-2H3;;/q-2;;;+2. The summed E-state index contributed by atoms with van der Waals surface area (Å²) in [5.41, 5.74) is 5.73. The number of aromatic nitrogens is 4. The van der Waals surface area contributed by atoms with Crippen LogP contribution in [0.15, 0.2) is 48.5 Å². The van der Waals surface area contributed by atoms with Gasteiger partial charge in [0.15, 0.2) is 0 Å². The van der Waals surface area contributed by atoms with Gasteiger partial charge in [-0.1, -0.05) is 20.3 Å². The number of nitrogens with zero attached hydrogens (tertiary/aromatic N) is 4. The summed E-state index contributed by atoms with van der Waals surface area (Å²) < 4.78 is 9.72. The number of rotatable bonds is 4. The summed E-state index contributed by atoms with van der Waals surface area (Å²) in [7, 11) is 0. The number of hydrogen-bond acceptors (Lipinski definition) is 3. The zero-order valence-electron chi connectivity index (χ0n) is 19.2. The van der Waals surface area contributed by atoms with Crippen molar-refractivity contribution in [2.24, 2.45) is 0 Å². The van der Waals surface area contributed by atoms with Gasteiger partial charge in [0.25, 0.3) is 0 Å². The molecule has 0 fully saturated rings. The Morgan fingerprint density at radius 3 is 1.44 bits per heavy atom. The van der Waals surface area contributed by atoms with Gasteiger partial charge in [-0.05, 0) is 51.2 Å². The van der Waals surface area contributed by atoms with Crippen LogP contribution < -0.4 is 4.74 Å². The Morgan fingerprint density at radius 2 is 1.12 bits per heavy atom. The molecule has 0 aliphatic rings. The molecule has 0 saturated heterocycles. The summed E-state index contributed by atoms with van der Waals surface area (Å²) in [5.74, 6) is 1.23. The average Bonchev–Trinajstić information content (AvgIpc) is 3.23. The van der Waals surface area contributed by atoms with Crippen molar-refractivity contribution < 1.29 is 46.9 Å². The van der Waals surface area contributed by atoms with Crippen LogP contribution in [0, 0.1) is 39.8 Å². The van der Waals surface area contributed by atoms with E-state index in [1.807, 2.05) is 85.6 Å². The second kappa shape index (κ2) is 12.9. The van der Waals surface area contributed by atoms with Gasteiger partial charge in [-0.25, -0.2) is 0 Å². The van der Waals surface area contributed by atoms with E-state index in [1.165, 1.54) is 6.42 Å². The topological polar surface area (TPSA) is 44.9 Å². The van der Waals surface area contributed by atoms with Crippen LogP contribution in [0.5, 0.6) is 11.5 Å². The summed E-state index contributed by atoms with van der Waals surface area (Å²) in [5, 5.41) is 9.01. The minimum atomic E-state index is 0. The molecule has 4 rings (SSSR count). The second-order valence-electron chi connectivity index (χ2n) is 7.29. The van der Waals surface area contributed by atoms with Gasteiger partial charge < -0.3 is 4.74 Å². The molecule has 4 aromatic rings. The van der Waals surface area contributed by atoms with Crippen LogP contribution in [0.2, 0.25) is 0 Å². The van der Waals surface area contributed by atoms with Crippen LogP contribution in [0.3, 0.4) is 0 Å². The van der Waals surface area contributed by atoms with E-state index in [4.69, 9.17) is 4.74 Å². The Hall–Kier alpha value is -1.96. The van der Waals surface area contributed by atoms with E-state index in [1.54, 1.807) is 0 Å². The van der Waals surface area contributed by atoms with Crippen LogP contribution in [-0.4, -0.2) is 19.6 Å². The number of ether oxygens (including phenoxy) is 1. The second-order valence-corrected chi connectivity index (χ2v) is 7.29. The van der Waals surface area contributed by atoms with Crippen molar-refractivity contribution in [2.45, 2.75) is 48.0 Å². The van der Waals surface area contributed by atoms with E-state index in [-0.39, 0.29) is 42.1 Å². The van der Waals surface area contributed by atoms with E-state index in [2.05, 4.69) is 36.2 Å². The molecule has 32 heavy (non-hydrogen) atoms. The third kappa shape index (κ3) is 7.02. The summed E-state index contributed by atoms with van der Waals surface area (Å²) >= 11 is 0. The van der Waals surface area contributed by atoms with Crippen molar-refractivity contribution in [1.29, 1.82) is 0 Å². The van der Waals surface area contributed by atoms with Crippen molar-refractivity contribution in [3.8, 4) is 22.9 Å². The Morgan fingerprint density at radius 1 is 0.750 bits per heavy atom. The molecule has 0 aliphatic heterocycles. The maximum Gasteiger partial charge on any atom is 2.00 e. The van der Waals surface area contributed by atoms with E-state index in [0.717, 1.165) is 34.2 Å². The molecule has 0 atom stereocenters. The average molecular weight is 791 g/mol. The first-order chi connectivity index (χ1) is 14.4. The molecule has 0 saturated carbocycles. The van der Waals surface area contributed by atoms with Gasteiger partial charge in [-0.15, -0.1) is 36.4 Å². The molecule has 2 aromatic heterocycles. The van der Waals surface area contributed by atoms with Gasteiger partial charge in [-0.2, -0.15) is 22.3 Å². The molecular weight excluding hydrogens is 762 g/mol. The molecule has 0 radical (unpaired) electrons. The van der Waals surface area contributed by atoms with Crippen LogP contribution in [-0.2, 0) is 42.1 Å². The summed E-state index contributed by atoms with van der Waals surface area (Å²) in [4.78, 5) is 0. The molecule has 0 unspecified atom stereocenters. The first-order valence-electron chi connectivity index (χ1n) is 10.2. The van der Waals surface area contributed by atoms with Crippen LogP contribution in [0.4, 0.5) is 0 Å². The normalized spacial score (nSPS) is 9.81. The molecular formula is C25H28N4OPt2. The largest absolute Gasteiger partial charge is 2.00 e. The fraction of sp³-hybridized carbons (Fsp3) is 0.280. The van der Waals surface area contributed by atoms with E-state index < -0.39 is 0 Å². The molecule has 0 bridgehead atoms. The number of aryl methyl sites for hydroxylation is 4. The predicted octanol–water partition coefficient (Wildman–Crippen LogP) is 6.10. The fourth-order valence-corrected chi connectivity index (χ4v) is 3.10. The molecule has 7 heteroatoms. The van der Waals surface area contributed by atoms with Gasteiger partial charge in [0, 0.05) is 44.0 Å². The molecule has 0 spiro atoms. The third-order valence-electron chi connectivity index (χ3n) is 4.20. The van der Waals surface area contributed by atoms with Gasteiger partial charge >= 0.3 is 21.1 Å². The summed E-state index contributed by atoms with van der Waals surface area (Å²) in [6.07, 6.45) is 1.25. The minimum absolute atomic E-state index is 0. The first kappa shape index (κ1) is 28.1. The van der Waals surface area contributed by atoms with Gasteiger partial charge in [0.2, 0.25) is 0 Å². The Labute approximate surface area is 219 Å². The zero-order chi connectivity index (χ0) is 21.7. The maximum atomic E-state index is 6.00. The van der Waals surface area contributed by atoms with Crippen molar-refractivity contribution in [3.63, 3.8) is 0 Å². The summed E-state index contributed by atoms with van der Waals surface area (Å²) in [6, 6.07) is 22.2. The van der Waals surface area contributed by atoms with Crippen molar-refractivity contribution >= 4 is 0 Å². The Kier molecular flexibility index (Phi) is 11.3. The quantitative estimate of drug-likeness (QED) is 0.235. The minimum Gasteiger partial charge on any atom is -0.509 e. The van der Waals surface area contributed by atoms with Gasteiger partial charge in [0.05, 0.1) is 11.4 Å². The predicted molar refractivity (Wildman–Crippen MR) is 120 cm³/mol. The van der Waals surface area contributed by atoms with E-state index in [0.29, 0.717) is 11.5 Å². The van der Waals surface area contributed by atoms with Crippen molar-refractivity contribution in [2.75, 3.05) is 0 Å². The van der Waals surface area contributed by atoms with Crippen LogP contribution >= 0.6 is 0 Å². The monoisotopic (exact) mass is 790 g/mol. The van der Waals surface area contributed by atoms with Crippen molar-refractivity contribution in [3.05, 3.63) is 83.4 Å². The van der Waals surface area contributed by atoms with Crippen LogP contribution in [0.1, 0.15) is 43.0 Å². The fourth-order valence-electron chi connectivity index (χ4n) is 3.10. The van der Waals surface area contributed by atoms with E-state index in [9.17, 15) is 0 Å². The SMILES string of the molecule is CCC.Cc1cc(C)n(-c2[c-]c(Oc3[c-]c(-n4nc(C)cc4C)ccc3)ccc2)n1.[Pt+2].[Pt]. The molecule has 174 valence electrons. The Bertz CT molecular complexity index is 1050. The third-order valence-corrected chi connectivity index (χ3v) is 4.20. The van der Waals surface area contributed by atoms with Gasteiger partial charge in [0.1, 0.15) is 0 Å². The van der Waals surface area contributed by atoms with Crippen molar-refractivity contribution in [1.82, 2.24) is 19.6 Å². The molecule has 0 amide bonds. The number of benzene rings is 2. The Balaban J connectivity index is 0.000000971. The molecule has 0 aliphatic carbocycles. The number of hydrogen-bond donors (Lipinski definition) is 0. The smallest absolute Gasteiger partial charge is 0.509 e. The molecule has 5 nitrogen and oxygen atoms in total. The maximum absolute atomic E-state index is 6.00. The summed E-state index contributed by atoms with van der Waals surface area (Å²) in [6.45, 7) is 12.2. The van der Waals surface area contributed by atoms with Crippen LogP contribution in [0.25, 0.3) is 11.4 Å².